The summed E-state index contributed by atoms with van der Waals surface area (Å²) in [6.45, 7) is 1.91. The molecule has 0 amide bonds. The summed E-state index contributed by atoms with van der Waals surface area (Å²) in [7, 11) is 0. The first-order valence-corrected chi connectivity index (χ1v) is 6.89. The molecule has 0 bridgehead atoms. The summed E-state index contributed by atoms with van der Waals surface area (Å²) < 4.78 is 4.92. The van der Waals surface area contributed by atoms with Gasteiger partial charge in [-0.1, -0.05) is 23.9 Å². The number of esters is 1. The number of hydrogen-bond donors (Lipinski definition) is 1. The highest BCUT2D eigenvalue weighted by Crippen LogP contribution is 2.23. The predicted octanol–water partition coefficient (Wildman–Crippen LogP) is 1.98. The maximum absolute atomic E-state index is 11.9. The number of benzene rings is 1. The Balaban J connectivity index is 2.46. The normalized spacial score (nSPS) is 10.4. The van der Waals surface area contributed by atoms with Crippen molar-refractivity contribution in [2.45, 2.75) is 11.9 Å². The van der Waals surface area contributed by atoms with Crippen LogP contribution in [0.2, 0.25) is 0 Å². The molecule has 2 aromatic rings. The Morgan fingerprint density at radius 3 is 2.50 bits per heavy atom. The van der Waals surface area contributed by atoms with Crippen LogP contribution in [0.4, 0.5) is 0 Å². The highest BCUT2D eigenvalue weighted by atomic mass is 32.2. The Labute approximate surface area is 119 Å². The van der Waals surface area contributed by atoms with Gasteiger partial charge in [0.1, 0.15) is 5.03 Å². The van der Waals surface area contributed by atoms with E-state index in [1.807, 2.05) is 0 Å². The lowest BCUT2D eigenvalue weighted by Crippen LogP contribution is -2.11. The second kappa shape index (κ2) is 6.33. The van der Waals surface area contributed by atoms with E-state index in [1.54, 1.807) is 31.2 Å². The Hall–Kier alpha value is -2.15. The van der Waals surface area contributed by atoms with Crippen molar-refractivity contribution < 1.29 is 19.4 Å². The number of carboxylic acids is 1. The Kier molecular flexibility index (Phi) is 4.52. The summed E-state index contributed by atoms with van der Waals surface area (Å²) in [5, 5.41) is 9.00. The molecule has 0 aliphatic rings. The van der Waals surface area contributed by atoms with Crippen molar-refractivity contribution in [2.24, 2.45) is 0 Å². The minimum Gasteiger partial charge on any atom is -0.481 e. The van der Waals surface area contributed by atoms with Gasteiger partial charge in [0.2, 0.25) is 0 Å². The van der Waals surface area contributed by atoms with Gasteiger partial charge in [-0.3, -0.25) is 4.79 Å². The molecule has 0 unspecified atom stereocenters. The first kappa shape index (κ1) is 14.3. The average molecular weight is 292 g/mol. The van der Waals surface area contributed by atoms with Crippen LogP contribution in [0.15, 0.2) is 29.3 Å². The fourth-order valence-electron chi connectivity index (χ4n) is 1.55. The zero-order valence-electron chi connectivity index (χ0n) is 10.7. The third-order valence-corrected chi connectivity index (χ3v) is 3.29. The Morgan fingerprint density at radius 1 is 1.25 bits per heavy atom. The van der Waals surface area contributed by atoms with Crippen LogP contribution in [0.3, 0.4) is 0 Å². The fourth-order valence-corrected chi connectivity index (χ4v) is 2.24. The van der Waals surface area contributed by atoms with Crippen LogP contribution in [0.25, 0.3) is 11.0 Å². The van der Waals surface area contributed by atoms with Crippen molar-refractivity contribution in [3.05, 3.63) is 30.0 Å². The molecule has 7 heteroatoms. The van der Waals surface area contributed by atoms with Crippen LogP contribution in [-0.4, -0.2) is 39.4 Å². The molecule has 0 radical (unpaired) electrons. The topological polar surface area (TPSA) is 89.4 Å². The van der Waals surface area contributed by atoms with E-state index in [1.165, 1.54) is 0 Å². The van der Waals surface area contributed by atoms with Crippen molar-refractivity contribution in [1.82, 2.24) is 9.97 Å². The standard InChI is InChI=1S/C13H12N2O4S/c1-2-19-13(18)11-12(20-7-10(16)17)15-9-6-4-3-5-8(9)14-11/h3-6H,2,7H2,1H3,(H,16,17). The summed E-state index contributed by atoms with van der Waals surface area (Å²) in [4.78, 5) is 31.0. The lowest BCUT2D eigenvalue weighted by Gasteiger charge is -2.07. The molecule has 1 N–H and O–H groups in total. The smallest absolute Gasteiger partial charge is 0.359 e. The number of rotatable bonds is 5. The van der Waals surface area contributed by atoms with Gasteiger partial charge in [-0.25, -0.2) is 14.8 Å². The van der Waals surface area contributed by atoms with Crippen molar-refractivity contribution in [3.8, 4) is 0 Å². The number of para-hydroxylation sites is 2. The van der Waals surface area contributed by atoms with Gasteiger partial charge in [-0.2, -0.15) is 0 Å². The molecule has 6 nitrogen and oxygen atoms in total. The van der Waals surface area contributed by atoms with Crippen LogP contribution < -0.4 is 0 Å². The number of aromatic nitrogens is 2. The van der Waals surface area contributed by atoms with E-state index in [2.05, 4.69) is 9.97 Å². The number of ether oxygens (including phenoxy) is 1. The zero-order chi connectivity index (χ0) is 14.5. The lowest BCUT2D eigenvalue weighted by atomic mass is 10.3. The molecule has 1 heterocycles. The Bertz CT molecular complexity index is 660. The van der Waals surface area contributed by atoms with Crippen molar-refractivity contribution >= 4 is 34.7 Å². The highest BCUT2D eigenvalue weighted by molar-refractivity contribution is 7.99. The van der Waals surface area contributed by atoms with Gasteiger partial charge in [0.05, 0.1) is 23.4 Å². The summed E-state index contributed by atoms with van der Waals surface area (Å²) in [6.07, 6.45) is 0. The third kappa shape index (κ3) is 3.24. The minimum atomic E-state index is -0.986. The van der Waals surface area contributed by atoms with Gasteiger partial charge < -0.3 is 9.84 Å². The minimum absolute atomic E-state index is 0.0526. The number of nitrogens with zero attached hydrogens (tertiary/aromatic N) is 2. The molecule has 0 spiro atoms. The van der Waals surface area contributed by atoms with E-state index < -0.39 is 11.9 Å². The summed E-state index contributed by atoms with van der Waals surface area (Å²) in [6, 6.07) is 7.07. The molecule has 1 aromatic carbocycles. The number of thioether (sulfide) groups is 1. The van der Waals surface area contributed by atoms with E-state index in [0.29, 0.717) is 11.0 Å². The fraction of sp³-hybridized carbons (Fsp3) is 0.231. The van der Waals surface area contributed by atoms with Gasteiger partial charge in [0, 0.05) is 0 Å². The van der Waals surface area contributed by atoms with Crippen LogP contribution in [0, 0.1) is 0 Å². The second-order valence-electron chi connectivity index (χ2n) is 3.77. The number of carbonyl (C=O) groups is 2. The monoisotopic (exact) mass is 292 g/mol. The summed E-state index contributed by atoms with van der Waals surface area (Å²) in [5.41, 5.74) is 1.22. The van der Waals surface area contributed by atoms with Crippen LogP contribution >= 0.6 is 11.8 Å². The zero-order valence-corrected chi connectivity index (χ0v) is 11.5. The maximum atomic E-state index is 11.9. The summed E-state index contributed by atoms with van der Waals surface area (Å²) >= 11 is 0.950. The summed E-state index contributed by atoms with van der Waals surface area (Å²) in [5.74, 6) is -1.78. The molecule has 2 rings (SSSR count). The van der Waals surface area contributed by atoms with Crippen molar-refractivity contribution in [2.75, 3.05) is 12.4 Å². The molecular formula is C13H12N2O4S. The number of aliphatic carboxylic acids is 1. The largest absolute Gasteiger partial charge is 0.481 e. The highest BCUT2D eigenvalue weighted by Gasteiger charge is 2.18. The first-order chi connectivity index (χ1) is 9.61. The molecule has 0 aliphatic heterocycles. The molecule has 0 saturated heterocycles. The molecule has 104 valence electrons. The molecular weight excluding hydrogens is 280 g/mol. The van der Waals surface area contributed by atoms with E-state index in [4.69, 9.17) is 9.84 Å². The van der Waals surface area contributed by atoms with E-state index in [0.717, 1.165) is 11.8 Å². The third-order valence-electron chi connectivity index (χ3n) is 2.34. The van der Waals surface area contributed by atoms with Crippen LogP contribution in [0.5, 0.6) is 0 Å². The molecule has 20 heavy (non-hydrogen) atoms. The van der Waals surface area contributed by atoms with Crippen molar-refractivity contribution in [3.63, 3.8) is 0 Å². The van der Waals surface area contributed by atoms with Crippen LogP contribution in [-0.2, 0) is 9.53 Å². The van der Waals surface area contributed by atoms with E-state index in [-0.39, 0.29) is 23.1 Å². The predicted molar refractivity (Wildman–Crippen MR) is 73.9 cm³/mol. The van der Waals surface area contributed by atoms with Gasteiger partial charge in [0.25, 0.3) is 0 Å². The number of carboxylic acid groups (broad SMARTS) is 1. The molecule has 0 aliphatic carbocycles. The van der Waals surface area contributed by atoms with Gasteiger partial charge in [0.15, 0.2) is 5.69 Å². The lowest BCUT2D eigenvalue weighted by molar-refractivity contribution is -0.133. The number of fused-ring (bicyclic) bond motifs is 1. The molecule has 1 aromatic heterocycles. The number of hydrogen-bond acceptors (Lipinski definition) is 6. The van der Waals surface area contributed by atoms with Crippen molar-refractivity contribution in [1.29, 1.82) is 0 Å². The second-order valence-corrected chi connectivity index (χ2v) is 4.73. The van der Waals surface area contributed by atoms with Crippen LogP contribution in [0.1, 0.15) is 17.4 Å². The van der Waals surface area contributed by atoms with Gasteiger partial charge in [-0.15, -0.1) is 0 Å². The molecule has 0 saturated carbocycles. The molecule has 0 fully saturated rings. The van der Waals surface area contributed by atoms with E-state index >= 15 is 0 Å². The molecule has 0 atom stereocenters. The maximum Gasteiger partial charge on any atom is 0.359 e. The van der Waals surface area contributed by atoms with Gasteiger partial charge in [-0.05, 0) is 19.1 Å². The van der Waals surface area contributed by atoms with E-state index in [9.17, 15) is 9.59 Å². The quantitative estimate of drug-likeness (QED) is 0.665. The number of carbonyl (C=O) groups excluding carboxylic acids is 1. The first-order valence-electron chi connectivity index (χ1n) is 5.90. The SMILES string of the molecule is CCOC(=O)c1nc2ccccc2nc1SCC(=O)O. The Morgan fingerprint density at radius 2 is 1.90 bits per heavy atom. The average Bonchev–Trinajstić information content (AvgIpc) is 2.44. The van der Waals surface area contributed by atoms with Gasteiger partial charge >= 0.3 is 11.9 Å².